The molecule has 17 nitrogen and oxygen atoms in total. The predicted octanol–water partition coefficient (Wildman–Crippen LogP) is 21.4. The molecule has 0 aromatic heterocycles. The molecule has 0 bridgehead atoms. The maximum atomic E-state index is 13.0. The number of carbonyl (C=O) groups excluding carboxylic acids is 4. The van der Waals surface area contributed by atoms with Crippen LogP contribution in [0.2, 0.25) is 0 Å². The Morgan fingerprint density at radius 1 is 0.261 bits per heavy atom. The Morgan fingerprint density at radius 3 is 0.641 bits per heavy atom. The van der Waals surface area contributed by atoms with Gasteiger partial charge in [0.05, 0.1) is 26.4 Å². The van der Waals surface area contributed by atoms with Crippen LogP contribution in [0.15, 0.2) is 0 Å². The summed E-state index contributed by atoms with van der Waals surface area (Å²) in [4.78, 5) is 72.6. The van der Waals surface area contributed by atoms with Crippen LogP contribution >= 0.6 is 15.6 Å². The highest BCUT2D eigenvalue weighted by molar-refractivity contribution is 7.47. The van der Waals surface area contributed by atoms with E-state index in [2.05, 4.69) is 27.7 Å². The Morgan fingerprint density at radius 2 is 0.435 bits per heavy atom. The summed E-state index contributed by atoms with van der Waals surface area (Å²) in [6, 6.07) is 0. The fourth-order valence-electron chi connectivity index (χ4n) is 11.2. The highest BCUT2D eigenvalue weighted by Crippen LogP contribution is 2.45. The van der Waals surface area contributed by atoms with Crippen molar-refractivity contribution in [3.63, 3.8) is 0 Å². The molecule has 2 unspecified atom stereocenters. The number of rotatable bonds is 74. The maximum absolute atomic E-state index is 13.0. The van der Waals surface area contributed by atoms with Crippen molar-refractivity contribution >= 4 is 39.5 Å². The van der Waals surface area contributed by atoms with Gasteiger partial charge in [-0.1, -0.05) is 336 Å². The number of esters is 4. The fraction of sp³-hybridized carbons (Fsp3) is 0.945. The average Bonchev–Trinajstić information content (AvgIpc) is 2.24. The Balaban J connectivity index is 5.20. The minimum absolute atomic E-state index is 0.108. The van der Waals surface area contributed by atoms with E-state index in [0.29, 0.717) is 25.7 Å². The molecule has 19 heteroatoms. The smallest absolute Gasteiger partial charge is 0.462 e. The first-order chi connectivity index (χ1) is 44.7. The van der Waals surface area contributed by atoms with Gasteiger partial charge in [0.1, 0.15) is 19.3 Å². The zero-order valence-corrected chi connectivity index (χ0v) is 61.3. The number of aliphatic hydroxyl groups excluding tert-OH is 1. The van der Waals surface area contributed by atoms with E-state index in [9.17, 15) is 43.2 Å². The number of hydrogen-bond donors (Lipinski definition) is 3. The summed E-state index contributed by atoms with van der Waals surface area (Å²) in [5, 5.41) is 10.6. The summed E-state index contributed by atoms with van der Waals surface area (Å²) in [6.45, 7) is 4.96. The molecule has 0 aliphatic heterocycles. The molecule has 0 radical (unpaired) electrons. The van der Waals surface area contributed by atoms with Gasteiger partial charge in [0, 0.05) is 25.7 Å². The van der Waals surface area contributed by atoms with E-state index >= 15 is 0 Å². The molecular weight excluding hydrogens is 1210 g/mol. The second kappa shape index (κ2) is 67.6. The van der Waals surface area contributed by atoms with Crippen LogP contribution in [0, 0.1) is 0 Å². The molecule has 0 aromatic rings. The molecule has 0 rings (SSSR count). The van der Waals surface area contributed by atoms with Gasteiger partial charge < -0.3 is 33.8 Å². The van der Waals surface area contributed by atoms with Crippen LogP contribution in [-0.4, -0.2) is 96.7 Å². The predicted molar refractivity (Wildman–Crippen MR) is 372 cm³/mol. The van der Waals surface area contributed by atoms with Crippen molar-refractivity contribution in [1.29, 1.82) is 0 Å². The van der Waals surface area contributed by atoms with Crippen molar-refractivity contribution in [2.75, 3.05) is 39.6 Å². The zero-order chi connectivity index (χ0) is 67.5. The van der Waals surface area contributed by atoms with Gasteiger partial charge >= 0.3 is 39.5 Å². The number of phosphoric acid groups is 2. The lowest BCUT2D eigenvalue weighted by Crippen LogP contribution is -2.30. The van der Waals surface area contributed by atoms with Crippen molar-refractivity contribution < 1.29 is 80.2 Å². The highest BCUT2D eigenvalue weighted by atomic mass is 31.2. The number of hydrogen-bond acceptors (Lipinski definition) is 15. The molecule has 5 atom stereocenters. The number of phosphoric ester groups is 2. The quantitative estimate of drug-likeness (QED) is 0.0222. The normalized spacial score (nSPS) is 13.9. The van der Waals surface area contributed by atoms with Crippen LogP contribution in [0.4, 0.5) is 0 Å². The summed E-state index contributed by atoms with van der Waals surface area (Å²) in [7, 11) is -9.90. The van der Waals surface area contributed by atoms with E-state index in [-0.39, 0.29) is 25.7 Å². The first kappa shape index (κ1) is 90.1. The van der Waals surface area contributed by atoms with Gasteiger partial charge in [0.25, 0.3) is 0 Å². The fourth-order valence-corrected chi connectivity index (χ4v) is 12.8. The van der Waals surface area contributed by atoms with E-state index < -0.39 is 97.5 Å². The molecular formula is C73H142O17P2. The van der Waals surface area contributed by atoms with Crippen LogP contribution in [0.25, 0.3) is 0 Å². The summed E-state index contributed by atoms with van der Waals surface area (Å²) < 4.78 is 68.4. The second-order valence-corrected chi connectivity index (χ2v) is 29.2. The van der Waals surface area contributed by atoms with Crippen LogP contribution in [0.5, 0.6) is 0 Å². The Hall–Kier alpha value is -1.94. The van der Waals surface area contributed by atoms with Gasteiger partial charge in [-0.25, -0.2) is 9.13 Å². The highest BCUT2D eigenvalue weighted by Gasteiger charge is 2.30. The molecule has 0 saturated heterocycles. The molecule has 0 saturated carbocycles. The lowest BCUT2D eigenvalue weighted by molar-refractivity contribution is -0.161. The summed E-state index contributed by atoms with van der Waals surface area (Å²) in [6.07, 6.45) is 56.8. The Kier molecular flexibility index (Phi) is 66.2. The van der Waals surface area contributed by atoms with Gasteiger partial charge in [0.2, 0.25) is 0 Å². The molecule has 0 aliphatic carbocycles. The minimum Gasteiger partial charge on any atom is -0.462 e. The topological polar surface area (TPSA) is 237 Å². The third-order valence-electron chi connectivity index (χ3n) is 17.1. The minimum atomic E-state index is -4.95. The number of ether oxygens (including phenoxy) is 4. The maximum Gasteiger partial charge on any atom is 0.472 e. The monoisotopic (exact) mass is 1350 g/mol. The first-order valence-corrected chi connectivity index (χ1v) is 41.3. The van der Waals surface area contributed by atoms with E-state index in [1.165, 1.54) is 218 Å². The Bertz CT molecular complexity index is 1760. The van der Waals surface area contributed by atoms with Crippen molar-refractivity contribution in [2.45, 2.75) is 406 Å². The second-order valence-electron chi connectivity index (χ2n) is 26.3. The molecule has 0 heterocycles. The van der Waals surface area contributed by atoms with Crippen LogP contribution in [0.1, 0.15) is 387 Å². The molecule has 3 N–H and O–H groups in total. The lowest BCUT2D eigenvalue weighted by atomic mass is 10.0. The van der Waals surface area contributed by atoms with Crippen LogP contribution in [-0.2, 0) is 65.4 Å². The molecule has 0 amide bonds. The summed E-state index contributed by atoms with van der Waals surface area (Å²) >= 11 is 0. The third-order valence-corrected chi connectivity index (χ3v) is 19.0. The number of carbonyl (C=O) groups is 4. The van der Waals surface area contributed by atoms with E-state index in [4.69, 9.17) is 37.0 Å². The van der Waals surface area contributed by atoms with Crippen molar-refractivity contribution in [1.82, 2.24) is 0 Å². The number of aliphatic hydroxyl groups is 1. The molecule has 0 aromatic carbocycles. The molecule has 0 spiro atoms. The molecule has 0 fully saturated rings. The van der Waals surface area contributed by atoms with E-state index in [1.54, 1.807) is 0 Å². The summed E-state index contributed by atoms with van der Waals surface area (Å²) in [5.41, 5.74) is 0. The van der Waals surface area contributed by atoms with Crippen molar-refractivity contribution in [3.05, 3.63) is 0 Å². The van der Waals surface area contributed by atoms with Gasteiger partial charge in [0.15, 0.2) is 12.2 Å². The van der Waals surface area contributed by atoms with E-state index in [0.717, 1.165) is 89.9 Å². The molecule has 92 heavy (non-hydrogen) atoms. The Labute approximate surface area is 562 Å². The van der Waals surface area contributed by atoms with Gasteiger partial charge in [-0.2, -0.15) is 0 Å². The zero-order valence-electron chi connectivity index (χ0n) is 59.5. The average molecular weight is 1350 g/mol. The third kappa shape index (κ3) is 66.7. The lowest BCUT2D eigenvalue weighted by Gasteiger charge is -2.21. The van der Waals surface area contributed by atoms with Crippen molar-refractivity contribution in [2.24, 2.45) is 0 Å². The van der Waals surface area contributed by atoms with Crippen LogP contribution in [0.3, 0.4) is 0 Å². The summed E-state index contributed by atoms with van der Waals surface area (Å²) in [5.74, 6) is -2.12. The SMILES string of the molecule is CCCCCCCCCCCCCCCCCCCCCC(=O)O[C@H](COC(=O)CCCCCCCCCCCCC)COP(=O)(O)OC[C@@H](O)COP(=O)(O)OC[C@@H](COC(=O)CCCCCCCCCCCCC)OC(=O)CCCCCCCCCCCCC. The largest absolute Gasteiger partial charge is 0.472 e. The van der Waals surface area contributed by atoms with Gasteiger partial charge in [-0.15, -0.1) is 0 Å². The molecule has 546 valence electrons. The van der Waals surface area contributed by atoms with E-state index in [1.807, 2.05) is 0 Å². The first-order valence-electron chi connectivity index (χ1n) is 38.3. The van der Waals surface area contributed by atoms with Crippen molar-refractivity contribution in [3.8, 4) is 0 Å². The standard InChI is InChI=1S/C73H142O17P2/c1-5-9-13-17-21-25-29-30-31-32-33-34-35-36-40-44-48-52-56-60-73(78)90-69(64-84-71(76)58-54-50-46-42-38-27-23-19-15-11-7-3)66-88-92(81,82)86-62-67(74)61-85-91(79,80)87-65-68(89-72(77)59-55-51-47-43-39-28-24-20-16-12-8-4)63-83-70(75)57-53-49-45-41-37-26-22-18-14-10-6-2/h67-69,74H,5-66H2,1-4H3,(H,79,80)(H,81,82)/t67-,68+,69+/m0/s1. The van der Waals surface area contributed by atoms with Crippen LogP contribution < -0.4 is 0 Å². The molecule has 0 aliphatic rings. The van der Waals surface area contributed by atoms with Gasteiger partial charge in [-0.05, 0) is 25.7 Å². The van der Waals surface area contributed by atoms with Gasteiger partial charge in [-0.3, -0.25) is 37.3 Å². The number of unbranched alkanes of at least 4 members (excludes halogenated alkanes) is 48.